The Morgan fingerprint density at radius 3 is 2.91 bits per heavy atom. The molecule has 3 heterocycles. The van der Waals surface area contributed by atoms with E-state index in [0.717, 1.165) is 10.8 Å². The molecule has 0 aromatic carbocycles. The van der Waals surface area contributed by atoms with Gasteiger partial charge in [-0.3, -0.25) is 0 Å². The van der Waals surface area contributed by atoms with Gasteiger partial charge in [0.05, 0.1) is 0 Å². The van der Waals surface area contributed by atoms with Crippen LogP contribution in [0.25, 0.3) is 0 Å². The molecular formula is C12H18FN2O7P. The van der Waals surface area contributed by atoms with E-state index in [1.165, 1.54) is 0 Å². The second-order valence-electron chi connectivity index (χ2n) is 5.67. The van der Waals surface area contributed by atoms with E-state index in [1.54, 1.807) is 13.8 Å². The average molecular weight is 352 g/mol. The SMILES string of the molecule is CC(C)O[PH]1(O)OC[C@H]2O[C@@H](n3cc(F)c(=O)[nH]c3=O)C[C@@H]2O1. The Morgan fingerprint density at radius 1 is 1.48 bits per heavy atom. The Labute approximate surface area is 130 Å². The molecule has 1 aromatic rings. The Balaban J connectivity index is 1.78. The number of halogens is 1. The summed E-state index contributed by atoms with van der Waals surface area (Å²) in [6.45, 7) is 3.51. The summed E-state index contributed by atoms with van der Waals surface area (Å²) in [5.41, 5.74) is -1.87. The Bertz CT molecular complexity index is 707. The molecule has 23 heavy (non-hydrogen) atoms. The van der Waals surface area contributed by atoms with Crippen LogP contribution in [-0.2, 0) is 18.3 Å². The molecule has 9 nitrogen and oxygen atoms in total. The first kappa shape index (κ1) is 16.7. The second-order valence-corrected chi connectivity index (χ2v) is 7.47. The maximum atomic E-state index is 13.4. The Kier molecular flexibility index (Phi) is 4.39. The van der Waals surface area contributed by atoms with E-state index in [1.807, 2.05) is 4.98 Å². The molecule has 2 saturated heterocycles. The van der Waals surface area contributed by atoms with Crippen molar-refractivity contribution < 1.29 is 27.6 Å². The first-order chi connectivity index (χ1) is 10.8. The minimum absolute atomic E-state index is 0.0389. The van der Waals surface area contributed by atoms with Gasteiger partial charge in [-0.25, -0.2) is 0 Å². The van der Waals surface area contributed by atoms with E-state index in [2.05, 4.69) is 0 Å². The summed E-state index contributed by atoms with van der Waals surface area (Å²) in [5.74, 6) is -1.09. The molecule has 2 fully saturated rings. The van der Waals surface area contributed by atoms with Crippen molar-refractivity contribution >= 4 is 8.17 Å². The van der Waals surface area contributed by atoms with Crippen molar-refractivity contribution in [2.75, 3.05) is 6.61 Å². The Hall–Kier alpha value is -1.16. The van der Waals surface area contributed by atoms with Gasteiger partial charge in [-0.2, -0.15) is 0 Å². The average Bonchev–Trinajstić information content (AvgIpc) is 2.83. The standard InChI is InChI=1S/C12H18FN2O7P/c1-6(2)21-23(18)19-5-9-8(22-23)3-10(20-9)15-4-7(13)11(16)14-12(15)17/h4,6,8-10,18,23H,3,5H2,1-2H3,(H,14,16,17)/t8-,9+,10+/m0/s1. The fourth-order valence-corrected chi connectivity index (χ4v) is 4.39. The van der Waals surface area contributed by atoms with E-state index >= 15 is 0 Å². The topological polar surface area (TPSA) is 112 Å². The van der Waals surface area contributed by atoms with Gasteiger partial charge in [-0.1, -0.05) is 0 Å². The summed E-state index contributed by atoms with van der Waals surface area (Å²) in [5, 5.41) is 0. The van der Waals surface area contributed by atoms with Crippen LogP contribution in [0.2, 0.25) is 0 Å². The number of H-pyrrole nitrogens is 1. The molecule has 3 rings (SSSR count). The predicted molar refractivity (Wildman–Crippen MR) is 77.4 cm³/mol. The number of ether oxygens (including phenoxy) is 1. The number of aromatic amines is 1. The minimum atomic E-state index is -3.75. The molecule has 0 aliphatic carbocycles. The first-order valence-electron chi connectivity index (χ1n) is 7.16. The summed E-state index contributed by atoms with van der Waals surface area (Å²) in [4.78, 5) is 34.9. The van der Waals surface area contributed by atoms with Gasteiger partial charge in [0.25, 0.3) is 0 Å². The van der Waals surface area contributed by atoms with Crippen molar-refractivity contribution in [3.8, 4) is 0 Å². The van der Waals surface area contributed by atoms with Gasteiger partial charge in [0, 0.05) is 0 Å². The van der Waals surface area contributed by atoms with Gasteiger partial charge >= 0.3 is 130 Å². The van der Waals surface area contributed by atoms with Gasteiger partial charge in [0.1, 0.15) is 0 Å². The van der Waals surface area contributed by atoms with E-state index < -0.39 is 43.7 Å². The van der Waals surface area contributed by atoms with Crippen molar-refractivity contribution in [3.63, 3.8) is 0 Å². The fraction of sp³-hybridized carbons (Fsp3) is 0.667. The second kappa shape index (κ2) is 6.04. The van der Waals surface area contributed by atoms with Crippen LogP contribution in [0.1, 0.15) is 26.5 Å². The molecule has 11 heteroatoms. The van der Waals surface area contributed by atoms with E-state index in [-0.39, 0.29) is 19.1 Å². The van der Waals surface area contributed by atoms with Crippen molar-refractivity contribution in [1.82, 2.24) is 9.55 Å². The van der Waals surface area contributed by atoms with E-state index in [9.17, 15) is 18.9 Å². The molecule has 1 aromatic heterocycles. The number of nitrogens with zero attached hydrogens (tertiary/aromatic N) is 1. The van der Waals surface area contributed by atoms with E-state index in [4.69, 9.17) is 18.3 Å². The van der Waals surface area contributed by atoms with Gasteiger partial charge in [0.2, 0.25) is 0 Å². The molecule has 2 aliphatic rings. The summed E-state index contributed by atoms with van der Waals surface area (Å²) < 4.78 is 36.0. The van der Waals surface area contributed by atoms with Gasteiger partial charge in [0.15, 0.2) is 0 Å². The van der Waals surface area contributed by atoms with Crippen LogP contribution in [-0.4, -0.2) is 39.4 Å². The predicted octanol–water partition coefficient (Wildman–Crippen LogP) is 0.206. The third-order valence-electron chi connectivity index (χ3n) is 3.53. The molecule has 130 valence electrons. The molecule has 2 aliphatic heterocycles. The monoisotopic (exact) mass is 352 g/mol. The van der Waals surface area contributed by atoms with E-state index in [0.29, 0.717) is 0 Å². The normalized spacial score (nSPS) is 31.1. The van der Waals surface area contributed by atoms with Crippen LogP contribution >= 0.6 is 8.17 Å². The van der Waals surface area contributed by atoms with Gasteiger partial charge in [-0.05, 0) is 0 Å². The van der Waals surface area contributed by atoms with Gasteiger partial charge in [-0.15, -0.1) is 0 Å². The zero-order valence-electron chi connectivity index (χ0n) is 12.5. The van der Waals surface area contributed by atoms with Crippen LogP contribution in [0.15, 0.2) is 15.8 Å². The number of hydrogen-bond donors (Lipinski definition) is 2. The number of nitrogens with one attached hydrogen (secondary N) is 1. The summed E-state index contributed by atoms with van der Waals surface area (Å²) in [7, 11) is -3.75. The number of rotatable bonds is 3. The third-order valence-corrected chi connectivity index (χ3v) is 5.43. The van der Waals surface area contributed by atoms with Crippen LogP contribution in [0.4, 0.5) is 4.39 Å². The number of hydrogen-bond acceptors (Lipinski definition) is 7. The molecule has 2 N–H and O–H groups in total. The zero-order valence-corrected chi connectivity index (χ0v) is 13.5. The quantitative estimate of drug-likeness (QED) is 0.748. The van der Waals surface area contributed by atoms with Crippen LogP contribution in [0, 0.1) is 5.82 Å². The Morgan fingerprint density at radius 2 is 2.22 bits per heavy atom. The molecule has 0 spiro atoms. The molecule has 0 saturated carbocycles. The molecule has 0 amide bonds. The third kappa shape index (κ3) is 3.37. The summed E-state index contributed by atoms with van der Waals surface area (Å²) in [6.07, 6.45) is -1.20. The molecule has 3 atom stereocenters. The van der Waals surface area contributed by atoms with Crippen LogP contribution < -0.4 is 11.2 Å². The number of aromatic nitrogens is 2. The van der Waals surface area contributed by atoms with Crippen LogP contribution in [0.3, 0.4) is 0 Å². The number of fused-ring (bicyclic) bond motifs is 1. The molecule has 0 radical (unpaired) electrons. The maximum absolute atomic E-state index is 13.4. The van der Waals surface area contributed by atoms with Crippen molar-refractivity contribution in [2.45, 2.75) is 44.8 Å². The van der Waals surface area contributed by atoms with Gasteiger partial charge < -0.3 is 0 Å². The zero-order chi connectivity index (χ0) is 16.8. The summed E-state index contributed by atoms with van der Waals surface area (Å²) in [6, 6.07) is 0. The van der Waals surface area contributed by atoms with Crippen molar-refractivity contribution in [3.05, 3.63) is 32.9 Å². The van der Waals surface area contributed by atoms with Crippen LogP contribution in [0.5, 0.6) is 0 Å². The van der Waals surface area contributed by atoms with Crippen molar-refractivity contribution in [2.24, 2.45) is 0 Å². The van der Waals surface area contributed by atoms with Crippen molar-refractivity contribution in [1.29, 1.82) is 0 Å². The summed E-state index contributed by atoms with van der Waals surface area (Å²) >= 11 is 0. The molecular weight excluding hydrogens is 334 g/mol. The molecule has 0 bridgehead atoms. The molecule has 0 unspecified atom stereocenters. The fourth-order valence-electron chi connectivity index (χ4n) is 2.59. The first-order valence-corrected chi connectivity index (χ1v) is 8.83.